The second kappa shape index (κ2) is 10.2. The monoisotopic (exact) mass is 482 g/mol. The summed E-state index contributed by atoms with van der Waals surface area (Å²) in [5, 5.41) is 3.85. The van der Waals surface area contributed by atoms with Crippen molar-refractivity contribution < 1.29 is 22.7 Å². The quantitative estimate of drug-likeness (QED) is 0.528. The molecule has 0 radical (unpaired) electrons. The van der Waals surface area contributed by atoms with Crippen LogP contribution >= 0.6 is 11.6 Å². The van der Waals surface area contributed by atoms with Crippen LogP contribution in [0.2, 0.25) is 5.02 Å². The molecule has 180 valence electrons. The topological polar surface area (TPSA) is 41.6 Å². The Hall–Kier alpha value is -2.41. The van der Waals surface area contributed by atoms with Crippen LogP contribution < -0.4 is 10.1 Å². The first-order chi connectivity index (χ1) is 15.4. The summed E-state index contributed by atoms with van der Waals surface area (Å²) in [6.45, 7) is 7.71. The first kappa shape index (κ1) is 25.2. The van der Waals surface area contributed by atoms with Gasteiger partial charge < -0.3 is 15.0 Å². The molecular weight excluding hydrogens is 453 g/mol. The van der Waals surface area contributed by atoms with E-state index in [1.54, 1.807) is 6.07 Å². The molecule has 0 aromatic heterocycles. The van der Waals surface area contributed by atoms with E-state index >= 15 is 0 Å². The maximum atomic E-state index is 12.9. The Balaban J connectivity index is 1.64. The lowest BCUT2D eigenvalue weighted by Gasteiger charge is -2.21. The fourth-order valence-corrected chi connectivity index (χ4v) is 3.98. The minimum atomic E-state index is -4.86. The highest BCUT2D eigenvalue weighted by Crippen LogP contribution is 2.33. The molecule has 3 rings (SSSR count). The molecule has 1 heterocycles. The molecule has 0 aliphatic carbocycles. The number of carbonyl (C=O) groups is 1. The highest BCUT2D eigenvalue weighted by molar-refractivity contribution is 6.33. The maximum absolute atomic E-state index is 12.9. The number of amides is 1. The van der Waals surface area contributed by atoms with E-state index in [0.29, 0.717) is 36.7 Å². The van der Waals surface area contributed by atoms with Crippen molar-refractivity contribution in [2.45, 2.75) is 52.8 Å². The molecule has 0 unspecified atom stereocenters. The summed E-state index contributed by atoms with van der Waals surface area (Å²) in [5.41, 5.74) is 3.72. The van der Waals surface area contributed by atoms with E-state index in [4.69, 9.17) is 16.3 Å². The van der Waals surface area contributed by atoms with Crippen molar-refractivity contribution in [1.29, 1.82) is 0 Å². The molecule has 0 atom stereocenters. The lowest BCUT2D eigenvalue weighted by atomic mass is 9.93. The summed E-state index contributed by atoms with van der Waals surface area (Å²) >= 11 is 6.43. The molecule has 8 heteroatoms. The van der Waals surface area contributed by atoms with Gasteiger partial charge in [0.2, 0.25) is 0 Å². The molecule has 1 amide bonds. The summed E-state index contributed by atoms with van der Waals surface area (Å²) in [6.07, 6.45) is -3.25. The normalized spacial score (nSPS) is 14.5. The molecule has 0 saturated heterocycles. The zero-order valence-electron chi connectivity index (χ0n) is 19.2. The van der Waals surface area contributed by atoms with Gasteiger partial charge in [-0.15, -0.1) is 0 Å². The number of carbonyl (C=O) groups excluding carboxylic acids is 1. The van der Waals surface area contributed by atoms with E-state index < -0.39 is 12.1 Å². The number of alkyl halides is 3. The lowest BCUT2D eigenvalue weighted by Crippen LogP contribution is -2.42. The van der Waals surface area contributed by atoms with Gasteiger partial charge in [0.1, 0.15) is 5.75 Å². The fraction of sp³-hybridized carbons (Fsp3) is 0.480. The highest BCUT2D eigenvalue weighted by Gasteiger charge is 2.42. The van der Waals surface area contributed by atoms with Gasteiger partial charge in [-0.1, -0.05) is 50.6 Å². The van der Waals surface area contributed by atoms with Crippen LogP contribution in [-0.2, 0) is 24.2 Å². The first-order valence-electron chi connectivity index (χ1n) is 11.1. The van der Waals surface area contributed by atoms with Crippen LogP contribution in [0.25, 0.3) is 0 Å². The second-order valence-corrected chi connectivity index (χ2v) is 9.91. The summed E-state index contributed by atoms with van der Waals surface area (Å²) in [4.78, 5) is 12.5. The zero-order valence-corrected chi connectivity index (χ0v) is 19.9. The molecule has 1 aliphatic heterocycles. The highest BCUT2D eigenvalue weighted by atomic mass is 35.5. The molecule has 2 aromatic rings. The van der Waals surface area contributed by atoms with Gasteiger partial charge in [-0.3, -0.25) is 4.79 Å². The van der Waals surface area contributed by atoms with Crippen LogP contribution in [-0.4, -0.2) is 36.7 Å². The molecule has 1 aliphatic rings. The molecule has 1 N–H and O–H groups in total. The van der Waals surface area contributed by atoms with Crippen LogP contribution in [0.1, 0.15) is 43.9 Å². The van der Waals surface area contributed by atoms with Gasteiger partial charge in [-0.05, 0) is 59.6 Å². The van der Waals surface area contributed by atoms with Gasteiger partial charge in [0.15, 0.2) is 0 Å². The molecule has 0 saturated carbocycles. The van der Waals surface area contributed by atoms with E-state index in [-0.39, 0.29) is 18.5 Å². The van der Waals surface area contributed by atoms with Gasteiger partial charge >= 0.3 is 12.1 Å². The average Bonchev–Trinajstić information content (AvgIpc) is 2.94. The van der Waals surface area contributed by atoms with Gasteiger partial charge in [-0.2, -0.15) is 13.2 Å². The number of rotatable bonds is 6. The molecule has 0 bridgehead atoms. The van der Waals surface area contributed by atoms with Crippen LogP contribution in [0.15, 0.2) is 36.4 Å². The van der Waals surface area contributed by atoms with Gasteiger partial charge in [0.25, 0.3) is 0 Å². The number of hydrogen-bond donors (Lipinski definition) is 1. The smallest absolute Gasteiger partial charge is 0.471 e. The standard InChI is InChI=1S/C25H30ClF3N2O2/c1-24(2,3)12-15-33-19-7-4-17(5-8-19)16-30-22-20-11-14-31(23(32)25(27,28)29)13-10-18(20)6-9-21(22)26/h4-9,30H,10-16H2,1-3H3. The lowest BCUT2D eigenvalue weighted by molar-refractivity contribution is -0.185. The molecular formula is C25H30ClF3N2O2. The van der Waals surface area contributed by atoms with Crippen LogP contribution in [0.3, 0.4) is 0 Å². The second-order valence-electron chi connectivity index (χ2n) is 9.51. The Morgan fingerprint density at radius 2 is 1.73 bits per heavy atom. The van der Waals surface area contributed by atoms with E-state index in [0.717, 1.165) is 33.8 Å². The number of hydrogen-bond acceptors (Lipinski definition) is 3. The molecule has 0 spiro atoms. The maximum Gasteiger partial charge on any atom is 0.471 e. The number of nitrogens with zero attached hydrogens (tertiary/aromatic N) is 1. The molecule has 4 nitrogen and oxygen atoms in total. The molecule has 2 aromatic carbocycles. The Morgan fingerprint density at radius 3 is 2.36 bits per heavy atom. The van der Waals surface area contributed by atoms with Crippen LogP contribution in [0.5, 0.6) is 5.75 Å². The summed E-state index contributed by atoms with van der Waals surface area (Å²) in [6, 6.07) is 11.4. The predicted octanol–water partition coefficient (Wildman–Crippen LogP) is 6.26. The zero-order chi connectivity index (χ0) is 24.2. The van der Waals surface area contributed by atoms with Crippen molar-refractivity contribution >= 4 is 23.2 Å². The van der Waals surface area contributed by atoms with E-state index in [9.17, 15) is 18.0 Å². The minimum Gasteiger partial charge on any atom is -0.494 e. The third-order valence-electron chi connectivity index (χ3n) is 5.68. The average molecular weight is 483 g/mol. The third kappa shape index (κ3) is 7.03. The first-order valence-corrected chi connectivity index (χ1v) is 11.4. The molecule has 0 fully saturated rings. The third-order valence-corrected chi connectivity index (χ3v) is 6.00. The Labute approximate surface area is 198 Å². The van der Waals surface area contributed by atoms with E-state index in [2.05, 4.69) is 26.1 Å². The SMILES string of the molecule is CC(C)(C)CCOc1ccc(CNc2c(Cl)ccc3c2CCN(C(=O)C(F)(F)F)CC3)cc1. The van der Waals surface area contributed by atoms with Crippen molar-refractivity contribution in [1.82, 2.24) is 4.90 Å². The van der Waals surface area contributed by atoms with Crippen molar-refractivity contribution in [3.8, 4) is 5.75 Å². The predicted molar refractivity (Wildman–Crippen MR) is 125 cm³/mol. The van der Waals surface area contributed by atoms with Gasteiger partial charge in [0.05, 0.1) is 17.3 Å². The fourth-order valence-electron chi connectivity index (χ4n) is 3.74. The number of anilines is 1. The van der Waals surface area contributed by atoms with Crippen molar-refractivity contribution in [3.05, 3.63) is 58.1 Å². The minimum absolute atomic E-state index is 0.000959. The van der Waals surface area contributed by atoms with Crippen molar-refractivity contribution in [2.75, 3.05) is 25.0 Å². The Morgan fingerprint density at radius 1 is 1.06 bits per heavy atom. The Bertz CT molecular complexity index is 969. The number of nitrogens with one attached hydrogen (secondary N) is 1. The summed E-state index contributed by atoms with van der Waals surface area (Å²) in [7, 11) is 0. The molecule has 33 heavy (non-hydrogen) atoms. The number of benzene rings is 2. The van der Waals surface area contributed by atoms with Crippen molar-refractivity contribution in [2.24, 2.45) is 5.41 Å². The largest absolute Gasteiger partial charge is 0.494 e. The number of fused-ring (bicyclic) bond motifs is 1. The van der Waals surface area contributed by atoms with Crippen molar-refractivity contribution in [3.63, 3.8) is 0 Å². The van der Waals surface area contributed by atoms with Gasteiger partial charge in [-0.25, -0.2) is 0 Å². The van der Waals surface area contributed by atoms with E-state index in [1.165, 1.54) is 0 Å². The summed E-state index contributed by atoms with van der Waals surface area (Å²) < 4.78 is 44.4. The number of halogens is 4. The Kier molecular flexibility index (Phi) is 7.83. The van der Waals surface area contributed by atoms with E-state index in [1.807, 2.05) is 30.3 Å². The van der Waals surface area contributed by atoms with Gasteiger partial charge in [0, 0.05) is 19.6 Å². The van der Waals surface area contributed by atoms with Crippen LogP contribution in [0.4, 0.5) is 18.9 Å². The number of ether oxygens (including phenoxy) is 1. The summed E-state index contributed by atoms with van der Waals surface area (Å²) in [5.74, 6) is -0.982. The van der Waals surface area contributed by atoms with Crippen LogP contribution in [0, 0.1) is 5.41 Å².